The monoisotopic (exact) mass is 1490 g/mol. The van der Waals surface area contributed by atoms with Crippen LogP contribution in [0.2, 0.25) is 0 Å². The second-order valence-corrected chi connectivity index (χ2v) is 32.0. The van der Waals surface area contributed by atoms with Gasteiger partial charge in [-0.3, -0.25) is 37.3 Å². The van der Waals surface area contributed by atoms with Gasteiger partial charge in [-0.05, 0) is 77.0 Å². The zero-order valence-electron chi connectivity index (χ0n) is 66.1. The van der Waals surface area contributed by atoms with E-state index in [1.54, 1.807) is 0 Å². The number of carbonyl (C=O) groups excluding carboxylic acids is 4. The number of allylic oxidation sites excluding steroid dienone is 4. The summed E-state index contributed by atoms with van der Waals surface area (Å²) in [6, 6.07) is 0. The van der Waals surface area contributed by atoms with Crippen molar-refractivity contribution >= 4 is 39.5 Å². The van der Waals surface area contributed by atoms with Crippen molar-refractivity contribution in [3.05, 3.63) is 24.3 Å². The van der Waals surface area contributed by atoms with Crippen LogP contribution in [0.1, 0.15) is 426 Å². The molecule has 0 amide bonds. The standard InChI is InChI=1S/C83H158O17P2/c1-5-9-13-17-21-25-29-33-37-38-42-46-50-54-58-62-66-70-83(88)100-79(74-94-81(86)68-64-60-56-52-48-44-40-35-31-27-23-19-15-11-7-3)76-98-102(91,92)96-72-77(84)71-95-101(89,90)97-75-78(99-82(87)69-65-61-57-53-49-45-41-36-32-28-24-20-16-12-8-4)73-93-80(85)67-63-59-55-51-47-43-39-34-30-26-22-18-14-10-6-2/h34,36,39,41,77-79,84H,5-33,35,37-38,40,42-76H2,1-4H3,(H,89,90)(H,91,92)/b39-34-,41-36-/t77-,78-,79-/m1/s1. The Labute approximate surface area is 624 Å². The first-order chi connectivity index (χ1) is 49.7. The Morgan fingerprint density at radius 2 is 0.451 bits per heavy atom. The van der Waals surface area contributed by atoms with Crippen LogP contribution >= 0.6 is 15.6 Å². The molecule has 5 atom stereocenters. The average Bonchev–Trinajstić information content (AvgIpc) is 0.922. The summed E-state index contributed by atoms with van der Waals surface area (Å²) < 4.78 is 68.8. The minimum atomic E-state index is -4.97. The predicted molar refractivity (Wildman–Crippen MR) is 418 cm³/mol. The molecule has 0 aromatic carbocycles. The third kappa shape index (κ3) is 75.8. The molecule has 0 rings (SSSR count). The molecule has 0 aromatic rings. The fourth-order valence-electron chi connectivity index (χ4n) is 12.4. The summed E-state index contributed by atoms with van der Waals surface area (Å²) in [5.41, 5.74) is 0. The normalized spacial score (nSPS) is 13.9. The maximum absolute atomic E-state index is 13.1. The molecule has 0 fully saturated rings. The molecule has 3 N–H and O–H groups in total. The minimum absolute atomic E-state index is 0.0912. The molecule has 0 saturated carbocycles. The zero-order chi connectivity index (χ0) is 74.6. The fourth-order valence-corrected chi connectivity index (χ4v) is 14.0. The number of hydrogen-bond donors (Lipinski definition) is 3. The van der Waals surface area contributed by atoms with Gasteiger partial charge in [-0.2, -0.15) is 0 Å². The molecule has 602 valence electrons. The third-order valence-corrected chi connectivity index (χ3v) is 20.8. The molecule has 0 spiro atoms. The highest BCUT2D eigenvalue weighted by Gasteiger charge is 2.30. The number of aliphatic hydroxyl groups excluding tert-OH is 1. The molecular weight excluding hydrogens is 1330 g/mol. The van der Waals surface area contributed by atoms with Gasteiger partial charge in [-0.1, -0.05) is 347 Å². The van der Waals surface area contributed by atoms with E-state index in [0.29, 0.717) is 25.7 Å². The molecule has 0 aliphatic rings. The quantitative estimate of drug-likeness (QED) is 0.0169. The molecule has 0 saturated heterocycles. The van der Waals surface area contributed by atoms with Crippen molar-refractivity contribution in [1.29, 1.82) is 0 Å². The van der Waals surface area contributed by atoms with E-state index >= 15 is 0 Å². The van der Waals surface area contributed by atoms with Gasteiger partial charge in [0.25, 0.3) is 0 Å². The first kappa shape index (κ1) is 99.5. The summed E-state index contributed by atoms with van der Waals surface area (Å²) in [6.07, 6.45) is 72.8. The lowest BCUT2D eigenvalue weighted by molar-refractivity contribution is -0.161. The number of esters is 4. The highest BCUT2D eigenvalue weighted by atomic mass is 31.2. The summed E-state index contributed by atoms with van der Waals surface area (Å²) in [4.78, 5) is 73.1. The van der Waals surface area contributed by atoms with Crippen LogP contribution in [0.3, 0.4) is 0 Å². The van der Waals surface area contributed by atoms with E-state index in [1.165, 1.54) is 225 Å². The molecule has 0 aliphatic heterocycles. The number of aliphatic hydroxyl groups is 1. The zero-order valence-corrected chi connectivity index (χ0v) is 67.9. The van der Waals surface area contributed by atoms with Crippen molar-refractivity contribution in [2.75, 3.05) is 39.6 Å². The van der Waals surface area contributed by atoms with Gasteiger partial charge in [0.05, 0.1) is 26.4 Å². The predicted octanol–water partition coefficient (Wildman–Crippen LogP) is 24.9. The van der Waals surface area contributed by atoms with Gasteiger partial charge in [0, 0.05) is 25.7 Å². The van der Waals surface area contributed by atoms with Crippen LogP contribution in [0, 0.1) is 0 Å². The molecule has 0 bridgehead atoms. The molecule has 19 heteroatoms. The van der Waals surface area contributed by atoms with Crippen LogP contribution < -0.4 is 0 Å². The SMILES string of the molecule is CCCCCCCC/C=C\CCCCCCCC(=O)OC[C@H](COP(=O)(O)OC[C@@H](O)COP(=O)(O)OC[C@@H](COC(=O)CCCCCCCCCCCCCCCCC)OC(=O)CCCCCCCCCCCCCCCCCCC)OC(=O)CCCCCCC/C=C\CCCCCCCC. The van der Waals surface area contributed by atoms with Crippen LogP contribution in [0.25, 0.3) is 0 Å². The summed E-state index contributed by atoms with van der Waals surface area (Å²) in [5, 5.41) is 10.7. The second kappa shape index (κ2) is 76.7. The van der Waals surface area contributed by atoms with Gasteiger partial charge in [0.2, 0.25) is 0 Å². The van der Waals surface area contributed by atoms with Gasteiger partial charge in [-0.15, -0.1) is 0 Å². The lowest BCUT2D eigenvalue weighted by Crippen LogP contribution is -2.30. The van der Waals surface area contributed by atoms with Gasteiger partial charge in [0.15, 0.2) is 12.2 Å². The first-order valence-electron chi connectivity index (χ1n) is 42.6. The molecule has 2 unspecified atom stereocenters. The Bertz CT molecular complexity index is 2020. The van der Waals surface area contributed by atoms with Crippen molar-refractivity contribution in [2.24, 2.45) is 0 Å². The summed E-state index contributed by atoms with van der Waals surface area (Å²) >= 11 is 0. The Hall–Kier alpha value is -2.46. The van der Waals surface area contributed by atoms with Crippen LogP contribution in [0.5, 0.6) is 0 Å². The number of ether oxygens (including phenoxy) is 4. The van der Waals surface area contributed by atoms with Gasteiger partial charge in [-0.25, -0.2) is 9.13 Å². The number of rotatable bonds is 82. The second-order valence-electron chi connectivity index (χ2n) is 29.1. The minimum Gasteiger partial charge on any atom is -0.462 e. The van der Waals surface area contributed by atoms with Crippen LogP contribution in [0.4, 0.5) is 0 Å². The van der Waals surface area contributed by atoms with Crippen molar-refractivity contribution in [3.8, 4) is 0 Å². The number of hydrogen-bond acceptors (Lipinski definition) is 15. The van der Waals surface area contributed by atoms with E-state index in [4.69, 9.17) is 37.0 Å². The number of phosphoric ester groups is 2. The molecule has 0 aliphatic carbocycles. The van der Waals surface area contributed by atoms with Crippen LogP contribution in [-0.4, -0.2) is 96.7 Å². The Morgan fingerprint density at radius 3 is 0.676 bits per heavy atom. The molecule has 102 heavy (non-hydrogen) atoms. The largest absolute Gasteiger partial charge is 0.472 e. The highest BCUT2D eigenvalue weighted by Crippen LogP contribution is 2.45. The molecule has 17 nitrogen and oxygen atoms in total. The highest BCUT2D eigenvalue weighted by molar-refractivity contribution is 7.47. The van der Waals surface area contributed by atoms with E-state index in [0.717, 1.165) is 122 Å². The van der Waals surface area contributed by atoms with E-state index in [1.807, 2.05) is 0 Å². The number of phosphoric acid groups is 2. The van der Waals surface area contributed by atoms with Gasteiger partial charge in [0.1, 0.15) is 19.3 Å². The van der Waals surface area contributed by atoms with Crippen molar-refractivity contribution in [1.82, 2.24) is 0 Å². The summed E-state index contributed by atoms with van der Waals surface area (Å²) in [6.45, 7) is 4.99. The summed E-state index contributed by atoms with van der Waals surface area (Å²) in [5.74, 6) is -2.13. The van der Waals surface area contributed by atoms with Crippen molar-refractivity contribution in [2.45, 2.75) is 444 Å². The maximum Gasteiger partial charge on any atom is 0.472 e. The average molecular weight is 1490 g/mol. The number of carbonyl (C=O) groups is 4. The third-order valence-electron chi connectivity index (χ3n) is 18.9. The van der Waals surface area contributed by atoms with Crippen LogP contribution in [0.15, 0.2) is 24.3 Å². The lowest BCUT2D eigenvalue weighted by atomic mass is 10.0. The molecule has 0 aromatic heterocycles. The molecule has 0 radical (unpaired) electrons. The van der Waals surface area contributed by atoms with E-state index < -0.39 is 97.5 Å². The molecular formula is C83H158O17P2. The van der Waals surface area contributed by atoms with Crippen molar-refractivity contribution < 1.29 is 80.2 Å². The fraction of sp³-hybridized carbons (Fsp3) is 0.904. The van der Waals surface area contributed by atoms with E-state index in [9.17, 15) is 43.2 Å². The smallest absolute Gasteiger partial charge is 0.462 e. The molecule has 0 heterocycles. The Morgan fingerprint density at radius 1 is 0.265 bits per heavy atom. The maximum atomic E-state index is 13.1. The van der Waals surface area contributed by atoms with E-state index in [2.05, 4.69) is 52.0 Å². The van der Waals surface area contributed by atoms with Crippen LogP contribution in [-0.2, 0) is 65.4 Å². The Kier molecular flexibility index (Phi) is 74.9. The van der Waals surface area contributed by atoms with Gasteiger partial charge < -0.3 is 33.8 Å². The number of unbranched alkanes of at least 4 members (excludes halogenated alkanes) is 52. The van der Waals surface area contributed by atoms with Gasteiger partial charge >= 0.3 is 39.5 Å². The summed E-state index contributed by atoms with van der Waals surface area (Å²) in [7, 11) is -9.94. The lowest BCUT2D eigenvalue weighted by Gasteiger charge is -2.21. The topological polar surface area (TPSA) is 237 Å². The Balaban J connectivity index is 5.31. The van der Waals surface area contributed by atoms with Crippen molar-refractivity contribution in [3.63, 3.8) is 0 Å². The first-order valence-corrected chi connectivity index (χ1v) is 45.6. The van der Waals surface area contributed by atoms with E-state index in [-0.39, 0.29) is 25.7 Å².